The predicted octanol–water partition coefficient (Wildman–Crippen LogP) is 5.04. The van der Waals surface area contributed by atoms with Gasteiger partial charge >= 0.3 is 6.03 Å². The zero-order chi connectivity index (χ0) is 22.1. The molecule has 5 heteroatoms. The van der Waals surface area contributed by atoms with E-state index in [1.54, 1.807) is 0 Å². The van der Waals surface area contributed by atoms with Gasteiger partial charge in [0.25, 0.3) is 0 Å². The average Bonchev–Trinajstić information content (AvgIpc) is 2.84. The van der Waals surface area contributed by atoms with Crippen molar-refractivity contribution in [3.63, 3.8) is 0 Å². The number of ether oxygens (including phenoxy) is 1. The Labute approximate surface area is 189 Å². The minimum Gasteiger partial charge on any atom is -0.373 e. The van der Waals surface area contributed by atoms with Gasteiger partial charge in [0.05, 0.1) is 24.4 Å². The van der Waals surface area contributed by atoms with E-state index in [0.717, 1.165) is 35.4 Å². The molecule has 0 aliphatic carbocycles. The van der Waals surface area contributed by atoms with Crippen molar-refractivity contribution in [3.8, 4) is 11.3 Å². The summed E-state index contributed by atoms with van der Waals surface area (Å²) in [7, 11) is 0. The number of pyridine rings is 1. The first-order valence-corrected chi connectivity index (χ1v) is 11.4. The molecule has 2 aliphatic heterocycles. The number of carbonyl (C=O) groups is 1. The van der Waals surface area contributed by atoms with Crippen LogP contribution in [0.4, 0.5) is 4.79 Å². The van der Waals surface area contributed by atoms with E-state index in [2.05, 4.69) is 36.5 Å². The van der Waals surface area contributed by atoms with Crippen molar-refractivity contribution < 1.29 is 9.53 Å². The Kier molecular flexibility index (Phi) is 5.66. The van der Waals surface area contributed by atoms with Crippen LogP contribution in [0.5, 0.6) is 0 Å². The van der Waals surface area contributed by atoms with Gasteiger partial charge in [0.1, 0.15) is 0 Å². The molecule has 0 saturated carbocycles. The first kappa shape index (κ1) is 20.7. The molecule has 32 heavy (non-hydrogen) atoms. The summed E-state index contributed by atoms with van der Waals surface area (Å²) in [5.41, 5.74) is 8.09. The largest absolute Gasteiger partial charge is 0.373 e. The summed E-state index contributed by atoms with van der Waals surface area (Å²) in [5.74, 6) is 0. The molecule has 164 valence electrons. The van der Waals surface area contributed by atoms with Gasteiger partial charge in [-0.1, -0.05) is 60.7 Å². The highest BCUT2D eigenvalue weighted by molar-refractivity contribution is 5.75. The molecule has 3 heterocycles. The highest BCUT2D eigenvalue weighted by Gasteiger charge is 2.30. The van der Waals surface area contributed by atoms with E-state index in [4.69, 9.17) is 9.72 Å². The Morgan fingerprint density at radius 3 is 2.53 bits per heavy atom. The Balaban J connectivity index is 1.43. The highest BCUT2D eigenvalue weighted by atomic mass is 16.5. The molecule has 1 aromatic heterocycles. The van der Waals surface area contributed by atoms with Gasteiger partial charge in [-0.15, -0.1) is 0 Å². The monoisotopic (exact) mass is 427 g/mol. The van der Waals surface area contributed by atoms with E-state index in [1.807, 2.05) is 48.2 Å². The van der Waals surface area contributed by atoms with Gasteiger partial charge in [-0.05, 0) is 36.1 Å². The fraction of sp³-hybridized carbons (Fsp3) is 0.333. The predicted molar refractivity (Wildman–Crippen MR) is 125 cm³/mol. The molecule has 0 spiro atoms. The molecule has 2 amide bonds. The number of hydrogen-bond acceptors (Lipinski definition) is 3. The molecule has 3 aromatic rings. The van der Waals surface area contributed by atoms with Crippen molar-refractivity contribution in [1.82, 2.24) is 15.2 Å². The van der Waals surface area contributed by atoms with E-state index in [1.165, 1.54) is 16.7 Å². The fourth-order valence-corrected chi connectivity index (χ4v) is 4.75. The molecule has 0 radical (unpaired) electrons. The molecular weight excluding hydrogens is 398 g/mol. The number of nitrogens with one attached hydrogen (secondary N) is 1. The van der Waals surface area contributed by atoms with Crippen LogP contribution in [0.15, 0.2) is 60.7 Å². The van der Waals surface area contributed by atoms with Crippen LogP contribution in [-0.2, 0) is 30.7 Å². The van der Waals surface area contributed by atoms with Crippen molar-refractivity contribution >= 4 is 6.03 Å². The third-order valence-electron chi connectivity index (χ3n) is 6.55. The average molecular weight is 428 g/mol. The summed E-state index contributed by atoms with van der Waals surface area (Å²) in [5, 5.41) is 3.16. The Morgan fingerprint density at radius 2 is 1.78 bits per heavy atom. The summed E-state index contributed by atoms with van der Waals surface area (Å²) < 4.78 is 6.03. The second kappa shape index (κ2) is 8.75. The number of rotatable bonds is 3. The molecule has 0 fully saturated rings. The van der Waals surface area contributed by atoms with Crippen molar-refractivity contribution in [3.05, 3.63) is 88.6 Å². The third-order valence-corrected chi connectivity index (χ3v) is 6.55. The summed E-state index contributed by atoms with van der Waals surface area (Å²) in [6.07, 6.45) is 1.77. The lowest BCUT2D eigenvalue weighted by Gasteiger charge is -2.34. The standard InChI is InChI=1S/C27H29N3O2/c1-18-15-22-24(17-32-18)23-16-30(27(31)28-19(2)20-9-5-3-6-10-20)14-13-25(23)29-26(22)21-11-7-4-8-12-21/h3-12,18-19H,13-17H2,1-2H3,(H,28,31)/t18-,19-/m0/s1. The minimum atomic E-state index is -0.0400. The molecule has 1 N–H and O–H groups in total. The molecule has 0 bridgehead atoms. The van der Waals surface area contributed by atoms with E-state index < -0.39 is 0 Å². The minimum absolute atomic E-state index is 0.0296. The number of amides is 2. The number of urea groups is 1. The third kappa shape index (κ3) is 4.00. The highest BCUT2D eigenvalue weighted by Crippen LogP contribution is 2.35. The SMILES string of the molecule is C[C@H](NC(=O)N1CCc2nc(-c3ccccc3)c3c(c2C1)CO[C@@H](C)C3)c1ccccc1. The summed E-state index contributed by atoms with van der Waals surface area (Å²) in [4.78, 5) is 20.1. The molecule has 2 aliphatic rings. The normalized spacial score (nSPS) is 18.4. The molecule has 0 unspecified atom stereocenters. The molecule has 2 aromatic carbocycles. The van der Waals surface area contributed by atoms with Crippen molar-refractivity contribution in [2.24, 2.45) is 0 Å². The molecule has 5 rings (SSSR count). The van der Waals surface area contributed by atoms with E-state index >= 15 is 0 Å². The van der Waals surface area contributed by atoms with Crippen molar-refractivity contribution in [2.45, 2.75) is 52.0 Å². The molecule has 2 atom stereocenters. The number of fused-ring (bicyclic) bond motifs is 3. The molecule has 0 saturated heterocycles. The quantitative estimate of drug-likeness (QED) is 0.637. The van der Waals surface area contributed by atoms with Gasteiger partial charge in [-0.25, -0.2) is 4.79 Å². The molecule has 5 nitrogen and oxygen atoms in total. The topological polar surface area (TPSA) is 54.5 Å². The van der Waals surface area contributed by atoms with Gasteiger partial charge in [-0.2, -0.15) is 0 Å². The molecular formula is C27H29N3O2. The number of nitrogens with zero attached hydrogens (tertiary/aromatic N) is 2. The van der Waals surface area contributed by atoms with Crippen LogP contribution in [-0.4, -0.2) is 28.6 Å². The number of hydrogen-bond donors (Lipinski definition) is 1. The number of benzene rings is 2. The van der Waals surface area contributed by atoms with Crippen LogP contribution in [0.1, 0.15) is 47.8 Å². The first-order valence-electron chi connectivity index (χ1n) is 11.4. The zero-order valence-electron chi connectivity index (χ0n) is 18.7. The van der Waals surface area contributed by atoms with Crippen LogP contribution in [0.25, 0.3) is 11.3 Å². The Bertz CT molecular complexity index is 1110. The number of carbonyl (C=O) groups excluding carboxylic acids is 1. The number of aromatic nitrogens is 1. The van der Waals surface area contributed by atoms with E-state index in [-0.39, 0.29) is 18.2 Å². The summed E-state index contributed by atoms with van der Waals surface area (Å²) >= 11 is 0. The van der Waals surface area contributed by atoms with Crippen molar-refractivity contribution in [1.29, 1.82) is 0 Å². The Morgan fingerprint density at radius 1 is 1.06 bits per heavy atom. The lowest BCUT2D eigenvalue weighted by atomic mass is 9.88. The zero-order valence-corrected chi connectivity index (χ0v) is 18.7. The van der Waals surface area contributed by atoms with E-state index in [9.17, 15) is 4.79 Å². The van der Waals surface area contributed by atoms with Crippen LogP contribution in [0.3, 0.4) is 0 Å². The summed E-state index contributed by atoms with van der Waals surface area (Å²) in [6.45, 7) is 5.96. The lowest BCUT2D eigenvalue weighted by molar-refractivity contribution is 0.0399. The van der Waals surface area contributed by atoms with Gasteiger partial charge in [-0.3, -0.25) is 4.98 Å². The summed E-state index contributed by atoms with van der Waals surface area (Å²) in [6, 6.07) is 20.4. The van der Waals surface area contributed by atoms with E-state index in [0.29, 0.717) is 19.7 Å². The Hall–Kier alpha value is -3.18. The van der Waals surface area contributed by atoms with Crippen molar-refractivity contribution in [2.75, 3.05) is 6.54 Å². The smallest absolute Gasteiger partial charge is 0.318 e. The van der Waals surface area contributed by atoms with Crippen LogP contribution < -0.4 is 5.32 Å². The second-order valence-electron chi connectivity index (χ2n) is 8.79. The maximum absolute atomic E-state index is 13.1. The maximum atomic E-state index is 13.1. The fourth-order valence-electron chi connectivity index (χ4n) is 4.75. The lowest BCUT2D eigenvalue weighted by Crippen LogP contribution is -2.44. The van der Waals surface area contributed by atoms with Gasteiger partial charge < -0.3 is 15.0 Å². The maximum Gasteiger partial charge on any atom is 0.318 e. The first-order chi connectivity index (χ1) is 15.6. The van der Waals surface area contributed by atoms with Crippen LogP contribution >= 0.6 is 0 Å². The van der Waals surface area contributed by atoms with Gasteiger partial charge in [0, 0.05) is 37.2 Å². The van der Waals surface area contributed by atoms with Gasteiger partial charge in [0.2, 0.25) is 0 Å². The van der Waals surface area contributed by atoms with Gasteiger partial charge in [0.15, 0.2) is 0 Å². The van der Waals surface area contributed by atoms with Crippen LogP contribution in [0.2, 0.25) is 0 Å². The second-order valence-corrected chi connectivity index (χ2v) is 8.79. The van der Waals surface area contributed by atoms with Crippen LogP contribution in [0, 0.1) is 0 Å².